The number of carbonyl (C=O) groups is 3. The summed E-state index contributed by atoms with van der Waals surface area (Å²) in [7, 11) is 0. The molecule has 116 valence electrons. The molecule has 2 atom stereocenters. The summed E-state index contributed by atoms with van der Waals surface area (Å²) in [5.41, 5.74) is 0. The van der Waals surface area contributed by atoms with E-state index in [1.807, 2.05) is 10.6 Å². The van der Waals surface area contributed by atoms with E-state index in [-0.39, 0.29) is 12.8 Å². The number of amides is 3. The lowest BCUT2D eigenvalue weighted by Gasteiger charge is -2.16. The van der Waals surface area contributed by atoms with Crippen LogP contribution in [0.15, 0.2) is 0 Å². The van der Waals surface area contributed by atoms with Crippen LogP contribution in [0, 0.1) is 5.92 Å². The van der Waals surface area contributed by atoms with Gasteiger partial charge in [-0.15, -0.1) is 0 Å². The van der Waals surface area contributed by atoms with Crippen LogP contribution < -0.4 is 10.6 Å². The highest BCUT2D eigenvalue weighted by molar-refractivity contribution is 5.94. The van der Waals surface area contributed by atoms with E-state index in [1.54, 1.807) is 0 Å². The lowest BCUT2D eigenvalue weighted by molar-refractivity contribution is -0.139. The summed E-state index contributed by atoms with van der Waals surface area (Å²) in [6, 6.07) is -2.20. The normalized spacial score (nSPS) is 14.2. The minimum atomic E-state index is -4.41. The molecule has 9 heteroatoms. The average molecular weight is 298 g/mol. The van der Waals surface area contributed by atoms with Crippen molar-refractivity contribution in [3.63, 3.8) is 0 Å². The van der Waals surface area contributed by atoms with Crippen LogP contribution in [0.25, 0.3) is 0 Å². The van der Waals surface area contributed by atoms with Crippen molar-refractivity contribution in [2.45, 2.75) is 45.3 Å². The maximum absolute atomic E-state index is 12.0. The fourth-order valence-corrected chi connectivity index (χ4v) is 1.52. The first-order chi connectivity index (χ1) is 8.99. The van der Waals surface area contributed by atoms with Crippen molar-refractivity contribution in [3.05, 3.63) is 0 Å². The number of urea groups is 1. The van der Waals surface area contributed by atoms with E-state index in [0.29, 0.717) is 0 Å². The average Bonchev–Trinajstić information content (AvgIpc) is 2.09. The molecule has 0 heterocycles. The second-order valence-corrected chi connectivity index (χ2v) is 4.65. The second-order valence-electron chi connectivity index (χ2n) is 4.65. The zero-order valence-corrected chi connectivity index (χ0v) is 11.1. The fourth-order valence-electron chi connectivity index (χ4n) is 1.52. The van der Waals surface area contributed by atoms with Gasteiger partial charge in [0, 0.05) is 18.9 Å². The molecule has 2 unspecified atom stereocenters. The predicted octanol–water partition coefficient (Wildman–Crippen LogP) is 1.65. The molecule has 0 radical (unpaired) electrons. The number of carboxylic acids is 1. The van der Waals surface area contributed by atoms with E-state index in [1.165, 1.54) is 6.92 Å². The Hall–Kier alpha value is -1.80. The third kappa shape index (κ3) is 10.2. The molecule has 3 amide bonds. The number of aliphatic carboxylic acids is 1. The lowest BCUT2D eigenvalue weighted by atomic mass is 10.0. The van der Waals surface area contributed by atoms with Gasteiger partial charge >= 0.3 is 18.2 Å². The molecule has 0 bridgehead atoms. The molecule has 6 nitrogen and oxygen atoms in total. The first-order valence-electron chi connectivity index (χ1n) is 5.88. The zero-order valence-electron chi connectivity index (χ0n) is 11.1. The van der Waals surface area contributed by atoms with Crippen LogP contribution in [-0.4, -0.2) is 35.2 Å². The van der Waals surface area contributed by atoms with Gasteiger partial charge < -0.3 is 10.4 Å². The third-order valence-electron chi connectivity index (χ3n) is 2.23. The Kier molecular flexibility index (Phi) is 7.01. The van der Waals surface area contributed by atoms with Crippen LogP contribution in [0.5, 0.6) is 0 Å². The fraction of sp³-hybridized carbons (Fsp3) is 0.727. The SMILES string of the molecule is CC(CC(=O)O)CC(=O)NC(=O)NC(C)CC(F)(F)F. The van der Waals surface area contributed by atoms with Gasteiger partial charge in [-0.2, -0.15) is 13.2 Å². The Labute approximate surface area is 113 Å². The first-order valence-corrected chi connectivity index (χ1v) is 5.88. The van der Waals surface area contributed by atoms with Crippen molar-refractivity contribution in [2.24, 2.45) is 5.92 Å². The predicted molar refractivity (Wildman–Crippen MR) is 62.8 cm³/mol. The Morgan fingerprint density at radius 2 is 1.70 bits per heavy atom. The van der Waals surface area contributed by atoms with Gasteiger partial charge in [-0.1, -0.05) is 6.92 Å². The molecule has 3 N–H and O–H groups in total. The van der Waals surface area contributed by atoms with E-state index < -0.39 is 42.5 Å². The number of hydrogen-bond acceptors (Lipinski definition) is 3. The van der Waals surface area contributed by atoms with E-state index >= 15 is 0 Å². The highest BCUT2D eigenvalue weighted by Gasteiger charge is 2.30. The van der Waals surface area contributed by atoms with Crippen molar-refractivity contribution in [1.29, 1.82) is 0 Å². The molecule has 0 aromatic rings. The van der Waals surface area contributed by atoms with Crippen molar-refractivity contribution in [3.8, 4) is 0 Å². The molecule has 0 aliphatic rings. The van der Waals surface area contributed by atoms with Gasteiger partial charge in [-0.3, -0.25) is 14.9 Å². The minimum Gasteiger partial charge on any atom is -0.481 e. The summed E-state index contributed by atoms with van der Waals surface area (Å²) in [5.74, 6) is -2.29. The topological polar surface area (TPSA) is 95.5 Å². The Balaban J connectivity index is 4.08. The summed E-state index contributed by atoms with van der Waals surface area (Å²) < 4.78 is 36.1. The summed E-state index contributed by atoms with van der Waals surface area (Å²) >= 11 is 0. The first kappa shape index (κ1) is 18.2. The van der Waals surface area contributed by atoms with Crippen molar-refractivity contribution < 1.29 is 32.7 Å². The number of alkyl halides is 3. The molecule has 0 fully saturated rings. The minimum absolute atomic E-state index is 0.201. The van der Waals surface area contributed by atoms with Gasteiger partial charge in [-0.05, 0) is 12.8 Å². The van der Waals surface area contributed by atoms with Crippen molar-refractivity contribution in [2.75, 3.05) is 0 Å². The van der Waals surface area contributed by atoms with Crippen molar-refractivity contribution >= 4 is 17.9 Å². The van der Waals surface area contributed by atoms with Crippen LogP contribution in [-0.2, 0) is 9.59 Å². The molecule has 0 aromatic carbocycles. The summed E-state index contributed by atoms with van der Waals surface area (Å²) in [6.07, 6.45) is -6.05. The van der Waals surface area contributed by atoms with Gasteiger partial charge in [0.1, 0.15) is 0 Å². The largest absolute Gasteiger partial charge is 0.481 e. The molecule has 20 heavy (non-hydrogen) atoms. The molecule has 0 aliphatic heterocycles. The summed E-state index contributed by atoms with van der Waals surface area (Å²) in [5, 5.41) is 12.3. The molecular weight excluding hydrogens is 281 g/mol. The van der Waals surface area contributed by atoms with Crippen LogP contribution in [0.2, 0.25) is 0 Å². The monoisotopic (exact) mass is 298 g/mol. The van der Waals surface area contributed by atoms with Gasteiger partial charge in [0.2, 0.25) is 5.91 Å². The zero-order chi connectivity index (χ0) is 15.9. The Bertz CT molecular complexity index is 371. The maximum atomic E-state index is 12.0. The molecule has 0 aliphatic carbocycles. The van der Waals surface area contributed by atoms with E-state index in [0.717, 1.165) is 6.92 Å². The molecule has 0 saturated heterocycles. The van der Waals surface area contributed by atoms with Gasteiger partial charge in [0.25, 0.3) is 0 Å². The highest BCUT2D eigenvalue weighted by atomic mass is 19.4. The van der Waals surface area contributed by atoms with E-state index in [2.05, 4.69) is 0 Å². The number of carboxylic acid groups (broad SMARTS) is 1. The highest BCUT2D eigenvalue weighted by Crippen LogP contribution is 2.21. The Morgan fingerprint density at radius 1 is 1.15 bits per heavy atom. The van der Waals surface area contributed by atoms with Gasteiger partial charge in [0.05, 0.1) is 6.42 Å². The Morgan fingerprint density at radius 3 is 2.15 bits per heavy atom. The number of hydrogen-bond donors (Lipinski definition) is 3. The quantitative estimate of drug-likeness (QED) is 0.695. The maximum Gasteiger partial charge on any atom is 0.391 e. The van der Waals surface area contributed by atoms with Crippen LogP contribution in [0.1, 0.15) is 33.1 Å². The lowest BCUT2D eigenvalue weighted by Crippen LogP contribution is -2.45. The van der Waals surface area contributed by atoms with Gasteiger partial charge in [-0.25, -0.2) is 4.79 Å². The van der Waals surface area contributed by atoms with E-state index in [4.69, 9.17) is 5.11 Å². The number of carbonyl (C=O) groups excluding carboxylic acids is 2. The molecule has 0 rings (SSSR count). The second kappa shape index (κ2) is 7.71. The standard InChI is InChI=1S/C11H17F3N2O4/c1-6(4-9(18)19)3-8(17)16-10(20)15-7(2)5-11(12,13)14/h6-7H,3-5H2,1-2H3,(H,18,19)(H2,15,16,17,20). The molecule has 0 saturated carbocycles. The van der Waals surface area contributed by atoms with Crippen LogP contribution in [0.4, 0.5) is 18.0 Å². The van der Waals surface area contributed by atoms with Crippen LogP contribution >= 0.6 is 0 Å². The number of rotatable bonds is 6. The summed E-state index contributed by atoms with van der Waals surface area (Å²) in [4.78, 5) is 32.9. The summed E-state index contributed by atoms with van der Waals surface area (Å²) in [6.45, 7) is 2.67. The molecular formula is C11H17F3N2O4. The number of nitrogens with one attached hydrogen (secondary N) is 2. The third-order valence-corrected chi connectivity index (χ3v) is 2.23. The molecule has 0 spiro atoms. The van der Waals surface area contributed by atoms with Crippen molar-refractivity contribution in [1.82, 2.24) is 10.6 Å². The van der Waals surface area contributed by atoms with Gasteiger partial charge in [0.15, 0.2) is 0 Å². The number of imide groups is 1. The number of halogens is 3. The smallest absolute Gasteiger partial charge is 0.391 e. The van der Waals surface area contributed by atoms with E-state index in [9.17, 15) is 27.6 Å². The molecule has 0 aromatic heterocycles. The van der Waals surface area contributed by atoms with Crippen LogP contribution in [0.3, 0.4) is 0 Å².